The van der Waals surface area contributed by atoms with Crippen LogP contribution in [0.2, 0.25) is 5.02 Å². The van der Waals surface area contributed by atoms with E-state index in [4.69, 9.17) is 16.0 Å². The Hall–Kier alpha value is -2.87. The van der Waals surface area contributed by atoms with Gasteiger partial charge < -0.3 is 15.1 Å². The number of carbonyl (C=O) groups is 3. The first-order valence-electron chi connectivity index (χ1n) is 7.24. The summed E-state index contributed by atoms with van der Waals surface area (Å²) in [6.07, 6.45) is 1.38. The summed E-state index contributed by atoms with van der Waals surface area (Å²) in [5.41, 5.74) is -1.21. The summed E-state index contributed by atoms with van der Waals surface area (Å²) in [6, 6.07) is 5.88. The van der Waals surface area contributed by atoms with E-state index in [2.05, 4.69) is 10.6 Å². The molecular formula is C16H13ClFN3O4. The van der Waals surface area contributed by atoms with Crippen LogP contribution in [-0.2, 0) is 15.1 Å². The van der Waals surface area contributed by atoms with E-state index in [0.717, 1.165) is 17.0 Å². The number of carbonyl (C=O) groups excluding carboxylic acids is 3. The molecule has 0 spiro atoms. The van der Waals surface area contributed by atoms with Crippen LogP contribution in [0, 0.1) is 5.82 Å². The number of furan rings is 1. The number of benzene rings is 1. The SMILES string of the molecule is CC1(c2ccco2)NC(=O)N(CC(=O)Nc2ccc(F)cc2Cl)C1=O. The van der Waals surface area contributed by atoms with Gasteiger partial charge in [0, 0.05) is 0 Å². The van der Waals surface area contributed by atoms with Gasteiger partial charge in [0.25, 0.3) is 5.91 Å². The van der Waals surface area contributed by atoms with Crippen molar-refractivity contribution in [2.24, 2.45) is 0 Å². The van der Waals surface area contributed by atoms with Gasteiger partial charge in [-0.05, 0) is 37.3 Å². The van der Waals surface area contributed by atoms with Gasteiger partial charge in [0.05, 0.1) is 17.0 Å². The van der Waals surface area contributed by atoms with E-state index in [1.807, 2.05) is 0 Å². The summed E-state index contributed by atoms with van der Waals surface area (Å²) in [6.45, 7) is 0.968. The molecule has 1 saturated heterocycles. The van der Waals surface area contributed by atoms with Crippen molar-refractivity contribution in [1.29, 1.82) is 0 Å². The zero-order valence-electron chi connectivity index (χ0n) is 13.0. The molecule has 1 aliphatic heterocycles. The van der Waals surface area contributed by atoms with Gasteiger partial charge in [-0.25, -0.2) is 9.18 Å². The van der Waals surface area contributed by atoms with Crippen LogP contribution in [0.4, 0.5) is 14.9 Å². The fraction of sp³-hybridized carbons (Fsp3) is 0.188. The van der Waals surface area contributed by atoms with Crippen molar-refractivity contribution in [1.82, 2.24) is 10.2 Å². The Labute approximate surface area is 146 Å². The monoisotopic (exact) mass is 365 g/mol. The number of anilines is 1. The lowest BCUT2D eigenvalue weighted by Gasteiger charge is -2.18. The minimum absolute atomic E-state index is 0.00553. The Bertz CT molecular complexity index is 855. The number of amides is 4. The minimum Gasteiger partial charge on any atom is -0.466 e. The third-order valence-corrected chi connectivity index (χ3v) is 4.11. The van der Waals surface area contributed by atoms with Gasteiger partial charge in [0.1, 0.15) is 18.1 Å². The average molecular weight is 366 g/mol. The quantitative estimate of drug-likeness (QED) is 0.814. The van der Waals surface area contributed by atoms with Gasteiger partial charge in [0.15, 0.2) is 5.54 Å². The Balaban J connectivity index is 1.73. The number of nitrogens with zero attached hydrogens (tertiary/aromatic N) is 1. The molecule has 0 bridgehead atoms. The fourth-order valence-corrected chi connectivity index (χ4v) is 2.71. The van der Waals surface area contributed by atoms with Crippen LogP contribution >= 0.6 is 11.6 Å². The maximum Gasteiger partial charge on any atom is 0.325 e. The lowest BCUT2D eigenvalue weighted by molar-refractivity contribution is -0.134. The first kappa shape index (κ1) is 17.0. The summed E-state index contributed by atoms with van der Waals surface area (Å²) in [4.78, 5) is 37.6. The van der Waals surface area contributed by atoms with E-state index in [1.165, 1.54) is 19.3 Å². The van der Waals surface area contributed by atoms with Crippen molar-refractivity contribution in [3.05, 3.63) is 53.2 Å². The van der Waals surface area contributed by atoms with Crippen molar-refractivity contribution in [3.8, 4) is 0 Å². The third kappa shape index (κ3) is 3.08. The van der Waals surface area contributed by atoms with Gasteiger partial charge in [-0.15, -0.1) is 0 Å². The summed E-state index contributed by atoms with van der Waals surface area (Å²) in [5, 5.41) is 4.95. The highest BCUT2D eigenvalue weighted by Crippen LogP contribution is 2.29. The molecule has 3 rings (SSSR count). The highest BCUT2D eigenvalue weighted by atomic mass is 35.5. The molecule has 1 aliphatic rings. The maximum absolute atomic E-state index is 13.0. The molecule has 1 atom stereocenters. The van der Waals surface area contributed by atoms with Gasteiger partial charge >= 0.3 is 6.03 Å². The first-order valence-corrected chi connectivity index (χ1v) is 7.62. The molecule has 2 aromatic rings. The molecular weight excluding hydrogens is 353 g/mol. The second kappa shape index (κ2) is 6.21. The number of hydrogen-bond donors (Lipinski definition) is 2. The molecule has 0 aliphatic carbocycles. The highest BCUT2D eigenvalue weighted by molar-refractivity contribution is 6.33. The molecule has 130 valence electrons. The Morgan fingerprint density at radius 3 is 2.80 bits per heavy atom. The first-order chi connectivity index (χ1) is 11.8. The van der Waals surface area contributed by atoms with Crippen LogP contribution in [0.15, 0.2) is 41.0 Å². The molecule has 1 aromatic carbocycles. The summed E-state index contributed by atoms with van der Waals surface area (Å²) < 4.78 is 18.2. The van der Waals surface area contributed by atoms with Crippen molar-refractivity contribution >= 4 is 35.1 Å². The van der Waals surface area contributed by atoms with Crippen LogP contribution in [0.5, 0.6) is 0 Å². The van der Waals surface area contributed by atoms with Crippen LogP contribution in [0.25, 0.3) is 0 Å². The predicted octanol–water partition coefficient (Wildman–Crippen LogP) is 2.48. The van der Waals surface area contributed by atoms with E-state index in [0.29, 0.717) is 0 Å². The number of rotatable bonds is 4. The molecule has 1 unspecified atom stereocenters. The zero-order chi connectivity index (χ0) is 18.2. The molecule has 0 radical (unpaired) electrons. The lowest BCUT2D eigenvalue weighted by atomic mass is 9.99. The predicted molar refractivity (Wildman–Crippen MR) is 86.3 cm³/mol. The highest BCUT2D eigenvalue weighted by Gasteiger charge is 2.51. The summed E-state index contributed by atoms with van der Waals surface area (Å²) in [5.74, 6) is -1.56. The molecule has 25 heavy (non-hydrogen) atoms. The van der Waals surface area contributed by atoms with Crippen molar-refractivity contribution < 1.29 is 23.2 Å². The van der Waals surface area contributed by atoms with Crippen LogP contribution in [-0.4, -0.2) is 29.3 Å². The minimum atomic E-state index is -1.38. The molecule has 0 saturated carbocycles. The van der Waals surface area contributed by atoms with E-state index in [9.17, 15) is 18.8 Å². The third-order valence-electron chi connectivity index (χ3n) is 3.80. The van der Waals surface area contributed by atoms with Gasteiger partial charge in [-0.2, -0.15) is 0 Å². The summed E-state index contributed by atoms with van der Waals surface area (Å²) in [7, 11) is 0. The van der Waals surface area contributed by atoms with Gasteiger partial charge in [-0.1, -0.05) is 11.6 Å². The van der Waals surface area contributed by atoms with Crippen molar-refractivity contribution in [3.63, 3.8) is 0 Å². The normalized spacial score (nSPS) is 19.9. The van der Waals surface area contributed by atoms with Crippen molar-refractivity contribution in [2.45, 2.75) is 12.5 Å². The van der Waals surface area contributed by atoms with Crippen LogP contribution < -0.4 is 10.6 Å². The second-order valence-electron chi connectivity index (χ2n) is 5.60. The van der Waals surface area contributed by atoms with E-state index in [-0.39, 0.29) is 16.5 Å². The number of urea groups is 1. The number of halogens is 2. The number of imide groups is 1. The molecule has 9 heteroatoms. The average Bonchev–Trinajstić information content (AvgIpc) is 3.15. The van der Waals surface area contributed by atoms with Crippen LogP contribution in [0.1, 0.15) is 12.7 Å². The van der Waals surface area contributed by atoms with Crippen molar-refractivity contribution in [2.75, 3.05) is 11.9 Å². The largest absolute Gasteiger partial charge is 0.466 e. The number of hydrogen-bond acceptors (Lipinski definition) is 4. The molecule has 7 nitrogen and oxygen atoms in total. The Morgan fingerprint density at radius 2 is 2.16 bits per heavy atom. The molecule has 2 heterocycles. The topological polar surface area (TPSA) is 91.7 Å². The molecule has 4 amide bonds. The lowest BCUT2D eigenvalue weighted by Crippen LogP contribution is -2.41. The molecule has 1 aromatic heterocycles. The van der Waals surface area contributed by atoms with Crippen LogP contribution in [0.3, 0.4) is 0 Å². The number of nitrogens with one attached hydrogen (secondary N) is 2. The standard InChI is InChI=1S/C16H13ClFN3O4/c1-16(12-3-2-6-25-12)14(23)21(15(24)20-16)8-13(22)19-11-5-4-9(18)7-10(11)17/h2-7H,8H2,1H3,(H,19,22)(H,20,24). The van der Waals surface area contributed by atoms with E-state index < -0.39 is 35.7 Å². The van der Waals surface area contributed by atoms with Gasteiger partial charge in [-0.3, -0.25) is 14.5 Å². The molecule has 1 fully saturated rings. The van der Waals surface area contributed by atoms with E-state index in [1.54, 1.807) is 12.1 Å². The Kier molecular flexibility index (Phi) is 4.22. The Morgan fingerprint density at radius 1 is 1.40 bits per heavy atom. The van der Waals surface area contributed by atoms with E-state index >= 15 is 0 Å². The second-order valence-corrected chi connectivity index (χ2v) is 6.00. The molecule has 2 N–H and O–H groups in total. The fourth-order valence-electron chi connectivity index (χ4n) is 2.49. The smallest absolute Gasteiger partial charge is 0.325 e. The van der Waals surface area contributed by atoms with Gasteiger partial charge in [0.2, 0.25) is 5.91 Å². The maximum atomic E-state index is 13.0. The summed E-state index contributed by atoms with van der Waals surface area (Å²) >= 11 is 5.83. The zero-order valence-corrected chi connectivity index (χ0v) is 13.8.